The van der Waals surface area contributed by atoms with Crippen molar-refractivity contribution in [1.82, 2.24) is 0 Å². The third-order valence-corrected chi connectivity index (χ3v) is 3.14. The molecule has 0 aliphatic rings. The van der Waals surface area contributed by atoms with Crippen molar-refractivity contribution in [2.24, 2.45) is 4.99 Å². The van der Waals surface area contributed by atoms with Crippen molar-refractivity contribution in [2.75, 3.05) is 0 Å². The Morgan fingerprint density at radius 3 is 2.17 bits per heavy atom. The second-order valence-corrected chi connectivity index (χ2v) is 4.67. The van der Waals surface area contributed by atoms with Gasteiger partial charge in [-0.15, -0.1) is 0 Å². The topological polar surface area (TPSA) is 12.4 Å². The molecule has 2 rings (SSSR count). The first-order chi connectivity index (χ1) is 8.66. The van der Waals surface area contributed by atoms with E-state index in [-0.39, 0.29) is 6.04 Å². The smallest absolute Gasteiger partial charge is 0.0724 e. The van der Waals surface area contributed by atoms with Crippen LogP contribution in [0.15, 0.2) is 59.6 Å². The third kappa shape index (κ3) is 3.07. The lowest BCUT2D eigenvalue weighted by molar-refractivity contribution is 0.819. The van der Waals surface area contributed by atoms with Gasteiger partial charge in [-0.2, -0.15) is 0 Å². The second kappa shape index (κ2) is 5.63. The fraction of sp³-hybridized carbons (Fsp3) is 0.235. The average molecular weight is 237 g/mol. The van der Waals surface area contributed by atoms with Crippen LogP contribution in [-0.2, 0) is 0 Å². The highest BCUT2D eigenvalue weighted by molar-refractivity contribution is 5.98. The average Bonchev–Trinajstić information content (AvgIpc) is 2.40. The summed E-state index contributed by atoms with van der Waals surface area (Å²) in [5.74, 6) is 0. The Kier molecular flexibility index (Phi) is 3.93. The zero-order valence-electron chi connectivity index (χ0n) is 11.2. The van der Waals surface area contributed by atoms with Gasteiger partial charge in [-0.05, 0) is 31.9 Å². The number of aliphatic imine (C=N–C) groups is 1. The van der Waals surface area contributed by atoms with Gasteiger partial charge < -0.3 is 0 Å². The van der Waals surface area contributed by atoms with Crippen molar-refractivity contribution in [3.05, 3.63) is 71.3 Å². The monoisotopic (exact) mass is 237 g/mol. The maximum atomic E-state index is 4.76. The van der Waals surface area contributed by atoms with E-state index in [1.54, 1.807) is 0 Å². The molecule has 0 fully saturated rings. The Morgan fingerprint density at radius 2 is 1.56 bits per heavy atom. The zero-order valence-corrected chi connectivity index (χ0v) is 11.2. The number of rotatable bonds is 3. The molecule has 0 spiro atoms. The van der Waals surface area contributed by atoms with Crippen LogP contribution >= 0.6 is 0 Å². The molecule has 92 valence electrons. The Hall–Kier alpha value is -1.89. The first-order valence-corrected chi connectivity index (χ1v) is 6.33. The number of hydrogen-bond donors (Lipinski definition) is 0. The van der Waals surface area contributed by atoms with Gasteiger partial charge >= 0.3 is 0 Å². The van der Waals surface area contributed by atoms with Gasteiger partial charge in [0, 0.05) is 5.71 Å². The number of aryl methyl sites for hydroxylation is 1. The molecule has 2 aromatic rings. The highest BCUT2D eigenvalue weighted by Gasteiger charge is 2.04. The predicted molar refractivity (Wildman–Crippen MR) is 78.2 cm³/mol. The molecule has 1 nitrogen and oxygen atoms in total. The molecule has 0 aromatic heterocycles. The van der Waals surface area contributed by atoms with Gasteiger partial charge in [0.1, 0.15) is 0 Å². The third-order valence-electron chi connectivity index (χ3n) is 3.14. The molecule has 0 heterocycles. The quantitative estimate of drug-likeness (QED) is 0.694. The van der Waals surface area contributed by atoms with E-state index in [9.17, 15) is 0 Å². The van der Waals surface area contributed by atoms with Crippen molar-refractivity contribution >= 4 is 5.71 Å². The fourth-order valence-electron chi connectivity index (χ4n) is 1.97. The van der Waals surface area contributed by atoms with E-state index >= 15 is 0 Å². The first kappa shape index (κ1) is 12.6. The summed E-state index contributed by atoms with van der Waals surface area (Å²) in [6, 6.07) is 19.1. The van der Waals surface area contributed by atoms with Gasteiger partial charge in [0.2, 0.25) is 0 Å². The highest BCUT2D eigenvalue weighted by atomic mass is 14.8. The van der Waals surface area contributed by atoms with E-state index in [1.165, 1.54) is 16.7 Å². The molecule has 0 radical (unpaired) electrons. The van der Waals surface area contributed by atoms with E-state index in [4.69, 9.17) is 4.99 Å². The van der Waals surface area contributed by atoms with E-state index in [0.717, 1.165) is 5.71 Å². The molecule has 2 aromatic carbocycles. The second-order valence-electron chi connectivity index (χ2n) is 4.67. The van der Waals surface area contributed by atoms with Crippen molar-refractivity contribution in [1.29, 1.82) is 0 Å². The Morgan fingerprint density at radius 1 is 0.944 bits per heavy atom. The summed E-state index contributed by atoms with van der Waals surface area (Å²) in [7, 11) is 0. The lowest BCUT2D eigenvalue weighted by atomic mass is 10.1. The van der Waals surface area contributed by atoms with Gasteiger partial charge in [0.25, 0.3) is 0 Å². The summed E-state index contributed by atoms with van der Waals surface area (Å²) in [6.07, 6.45) is 0. The van der Waals surface area contributed by atoms with Gasteiger partial charge in [0.15, 0.2) is 0 Å². The molecule has 0 unspecified atom stereocenters. The van der Waals surface area contributed by atoms with E-state index < -0.39 is 0 Å². The summed E-state index contributed by atoms with van der Waals surface area (Å²) in [4.78, 5) is 4.76. The van der Waals surface area contributed by atoms with E-state index in [2.05, 4.69) is 69.3 Å². The maximum Gasteiger partial charge on any atom is 0.0724 e. The van der Waals surface area contributed by atoms with E-state index in [0.29, 0.717) is 0 Å². The first-order valence-electron chi connectivity index (χ1n) is 6.33. The highest BCUT2D eigenvalue weighted by Crippen LogP contribution is 2.17. The van der Waals surface area contributed by atoms with Gasteiger partial charge in [0.05, 0.1) is 6.04 Å². The normalized spacial score (nSPS) is 13.4. The summed E-state index contributed by atoms with van der Waals surface area (Å²) < 4.78 is 0. The molecular formula is C17H19N. The Labute approximate surface area is 109 Å². The summed E-state index contributed by atoms with van der Waals surface area (Å²) in [5, 5.41) is 0. The summed E-state index contributed by atoms with van der Waals surface area (Å²) >= 11 is 0. The van der Waals surface area contributed by atoms with Crippen molar-refractivity contribution in [3.63, 3.8) is 0 Å². The number of benzene rings is 2. The molecule has 0 N–H and O–H groups in total. The van der Waals surface area contributed by atoms with Crippen LogP contribution in [0, 0.1) is 6.92 Å². The summed E-state index contributed by atoms with van der Waals surface area (Å²) in [6.45, 7) is 6.31. The lowest BCUT2D eigenvalue weighted by Gasteiger charge is -2.09. The van der Waals surface area contributed by atoms with Gasteiger partial charge in [-0.25, -0.2) is 0 Å². The number of hydrogen-bond acceptors (Lipinski definition) is 1. The van der Waals surface area contributed by atoms with Crippen molar-refractivity contribution in [2.45, 2.75) is 26.8 Å². The van der Waals surface area contributed by atoms with Crippen LogP contribution in [0.3, 0.4) is 0 Å². The zero-order chi connectivity index (χ0) is 13.0. The molecule has 1 heteroatoms. The standard InChI is InChI=1S/C17H19N/c1-13-9-11-17(12-10-13)15(3)18-14(2)16-7-5-4-6-8-16/h4-12,14H,1-3H3/t14-/m0/s1. The summed E-state index contributed by atoms with van der Waals surface area (Å²) in [5.41, 5.74) is 4.82. The minimum atomic E-state index is 0.201. The molecular weight excluding hydrogens is 218 g/mol. The molecule has 0 amide bonds. The van der Waals surface area contributed by atoms with Crippen LogP contribution in [0.4, 0.5) is 0 Å². The van der Waals surface area contributed by atoms with Crippen LogP contribution in [0.5, 0.6) is 0 Å². The lowest BCUT2D eigenvalue weighted by Crippen LogP contribution is -1.99. The van der Waals surface area contributed by atoms with Crippen molar-refractivity contribution in [3.8, 4) is 0 Å². The van der Waals surface area contributed by atoms with Gasteiger partial charge in [-0.1, -0.05) is 60.2 Å². The molecule has 0 aliphatic heterocycles. The van der Waals surface area contributed by atoms with Gasteiger partial charge in [-0.3, -0.25) is 4.99 Å². The molecule has 0 bridgehead atoms. The Balaban J connectivity index is 2.20. The molecule has 1 atom stereocenters. The Bertz CT molecular complexity index is 523. The number of nitrogens with zero attached hydrogens (tertiary/aromatic N) is 1. The SMILES string of the molecule is CC(=N[C@@H](C)c1ccccc1)c1ccc(C)cc1. The fourth-order valence-corrected chi connectivity index (χ4v) is 1.97. The van der Waals surface area contributed by atoms with Crippen LogP contribution < -0.4 is 0 Å². The molecule has 0 saturated heterocycles. The maximum absolute atomic E-state index is 4.76. The predicted octanol–water partition coefficient (Wildman–Crippen LogP) is 4.57. The molecule has 0 aliphatic carbocycles. The molecule has 18 heavy (non-hydrogen) atoms. The largest absolute Gasteiger partial charge is 0.282 e. The van der Waals surface area contributed by atoms with Crippen LogP contribution in [0.1, 0.15) is 36.6 Å². The van der Waals surface area contributed by atoms with Crippen molar-refractivity contribution < 1.29 is 0 Å². The van der Waals surface area contributed by atoms with Crippen LogP contribution in [-0.4, -0.2) is 5.71 Å². The van der Waals surface area contributed by atoms with Crippen LogP contribution in [0.25, 0.3) is 0 Å². The van der Waals surface area contributed by atoms with Crippen LogP contribution in [0.2, 0.25) is 0 Å². The minimum absolute atomic E-state index is 0.201. The molecule has 0 saturated carbocycles. The van der Waals surface area contributed by atoms with E-state index in [1.807, 2.05) is 6.07 Å². The minimum Gasteiger partial charge on any atom is -0.282 e.